The molecule has 2 N–H and O–H groups in total. The zero-order valence-electron chi connectivity index (χ0n) is 9.37. The smallest absolute Gasteiger partial charge is 0.337 e. The highest BCUT2D eigenvalue weighted by atomic mass is 16.4. The van der Waals surface area contributed by atoms with E-state index in [2.05, 4.69) is 22.1 Å². The van der Waals surface area contributed by atoms with Crippen LogP contribution in [0.3, 0.4) is 0 Å². The standard InChI is InChI=1S/C12H14N2O2/c1-3-4-5-8-13-11-7-6-10(12(15)16)9(2)14-11/h6-7H,5,8H2,1-2H3,(H,13,14)(H,15,16). The molecule has 0 saturated carbocycles. The first kappa shape index (κ1) is 12.1. The summed E-state index contributed by atoms with van der Waals surface area (Å²) in [6.45, 7) is 4.18. The maximum absolute atomic E-state index is 10.8. The molecule has 0 unspecified atom stereocenters. The minimum Gasteiger partial charge on any atom is -0.478 e. The van der Waals surface area contributed by atoms with Gasteiger partial charge in [-0.2, -0.15) is 0 Å². The molecule has 0 amide bonds. The van der Waals surface area contributed by atoms with Crippen LogP contribution in [0.25, 0.3) is 0 Å². The van der Waals surface area contributed by atoms with Crippen LogP contribution in [0.1, 0.15) is 29.4 Å². The number of hydrogen-bond donors (Lipinski definition) is 2. The summed E-state index contributed by atoms with van der Waals surface area (Å²) in [5.41, 5.74) is 0.748. The maximum Gasteiger partial charge on any atom is 0.337 e. The molecule has 0 saturated heterocycles. The fraction of sp³-hybridized carbons (Fsp3) is 0.333. The minimum atomic E-state index is -0.951. The number of carboxylic acids is 1. The molecule has 0 aliphatic heterocycles. The van der Waals surface area contributed by atoms with Crippen molar-refractivity contribution in [1.29, 1.82) is 0 Å². The number of carboxylic acid groups (broad SMARTS) is 1. The third-order valence-corrected chi connectivity index (χ3v) is 2.05. The second-order valence-electron chi connectivity index (χ2n) is 3.24. The van der Waals surface area contributed by atoms with Crippen LogP contribution < -0.4 is 5.32 Å². The van der Waals surface area contributed by atoms with Gasteiger partial charge >= 0.3 is 5.97 Å². The van der Waals surface area contributed by atoms with Gasteiger partial charge in [0.05, 0.1) is 11.3 Å². The normalized spacial score (nSPS) is 9.12. The summed E-state index contributed by atoms with van der Waals surface area (Å²) in [7, 11) is 0. The highest BCUT2D eigenvalue weighted by Gasteiger charge is 2.07. The number of carbonyl (C=O) groups is 1. The lowest BCUT2D eigenvalue weighted by atomic mass is 10.2. The number of aromatic carboxylic acids is 1. The molecule has 1 aromatic rings. The van der Waals surface area contributed by atoms with Gasteiger partial charge in [0.15, 0.2) is 0 Å². The molecule has 0 atom stereocenters. The van der Waals surface area contributed by atoms with Gasteiger partial charge in [0, 0.05) is 13.0 Å². The van der Waals surface area contributed by atoms with Gasteiger partial charge in [-0.05, 0) is 26.0 Å². The Bertz CT molecular complexity index is 444. The zero-order valence-corrected chi connectivity index (χ0v) is 9.37. The number of aryl methyl sites for hydroxylation is 1. The lowest BCUT2D eigenvalue weighted by Gasteiger charge is -2.05. The van der Waals surface area contributed by atoms with Crippen LogP contribution >= 0.6 is 0 Å². The Labute approximate surface area is 94.7 Å². The fourth-order valence-corrected chi connectivity index (χ4v) is 1.26. The van der Waals surface area contributed by atoms with Gasteiger partial charge in [-0.15, -0.1) is 11.8 Å². The molecule has 0 spiro atoms. The summed E-state index contributed by atoms with van der Waals surface area (Å²) < 4.78 is 0. The third-order valence-electron chi connectivity index (χ3n) is 2.05. The summed E-state index contributed by atoms with van der Waals surface area (Å²) in [6, 6.07) is 3.22. The molecule has 4 heteroatoms. The summed E-state index contributed by atoms with van der Waals surface area (Å²) >= 11 is 0. The topological polar surface area (TPSA) is 62.2 Å². The maximum atomic E-state index is 10.8. The van der Waals surface area contributed by atoms with Crippen molar-refractivity contribution >= 4 is 11.8 Å². The number of pyridine rings is 1. The van der Waals surface area contributed by atoms with Crippen molar-refractivity contribution in [3.05, 3.63) is 23.4 Å². The molecule has 0 aliphatic rings. The molecule has 0 fully saturated rings. The van der Waals surface area contributed by atoms with Gasteiger partial charge in [-0.1, -0.05) is 0 Å². The van der Waals surface area contributed by atoms with Gasteiger partial charge in [-0.3, -0.25) is 0 Å². The van der Waals surface area contributed by atoms with Gasteiger partial charge in [0.2, 0.25) is 0 Å². The van der Waals surface area contributed by atoms with E-state index in [9.17, 15) is 4.79 Å². The van der Waals surface area contributed by atoms with Gasteiger partial charge in [-0.25, -0.2) is 9.78 Å². The largest absolute Gasteiger partial charge is 0.478 e. The van der Waals surface area contributed by atoms with Gasteiger partial charge in [0.25, 0.3) is 0 Å². The Morgan fingerprint density at radius 2 is 2.31 bits per heavy atom. The van der Waals surface area contributed by atoms with E-state index in [-0.39, 0.29) is 5.56 Å². The van der Waals surface area contributed by atoms with Crippen molar-refractivity contribution in [3.63, 3.8) is 0 Å². The highest BCUT2D eigenvalue weighted by Crippen LogP contribution is 2.10. The van der Waals surface area contributed by atoms with E-state index in [1.165, 1.54) is 0 Å². The Morgan fingerprint density at radius 3 is 2.88 bits per heavy atom. The van der Waals surface area contributed by atoms with Gasteiger partial charge in [0.1, 0.15) is 5.82 Å². The first-order valence-electron chi connectivity index (χ1n) is 4.99. The van der Waals surface area contributed by atoms with Crippen LogP contribution in [0.4, 0.5) is 5.82 Å². The molecule has 1 rings (SSSR count). The molecule has 84 valence electrons. The summed E-state index contributed by atoms with van der Waals surface area (Å²) in [5, 5.41) is 11.9. The number of anilines is 1. The SMILES string of the molecule is CC#CCCNc1ccc(C(=O)O)c(C)n1. The number of hydrogen-bond acceptors (Lipinski definition) is 3. The molecule has 4 nitrogen and oxygen atoms in total. The summed E-state index contributed by atoms with van der Waals surface area (Å²) in [5.74, 6) is 5.46. The third kappa shape index (κ3) is 3.28. The molecule has 16 heavy (non-hydrogen) atoms. The molecule has 1 aromatic heterocycles. The van der Waals surface area contributed by atoms with E-state index >= 15 is 0 Å². The quantitative estimate of drug-likeness (QED) is 0.598. The summed E-state index contributed by atoms with van der Waals surface area (Å²) in [6.07, 6.45) is 0.748. The van der Waals surface area contributed by atoms with Crippen LogP contribution in [0.15, 0.2) is 12.1 Å². The zero-order chi connectivity index (χ0) is 12.0. The number of nitrogens with one attached hydrogen (secondary N) is 1. The second-order valence-corrected chi connectivity index (χ2v) is 3.24. The van der Waals surface area contributed by atoms with Crippen molar-refractivity contribution in [2.24, 2.45) is 0 Å². The Hall–Kier alpha value is -2.02. The molecule has 0 aromatic carbocycles. The Balaban J connectivity index is 2.65. The average molecular weight is 218 g/mol. The molecule has 0 aliphatic carbocycles. The molecular formula is C12H14N2O2. The number of nitrogens with zero attached hydrogens (tertiary/aromatic N) is 1. The molecule has 0 bridgehead atoms. The summed E-state index contributed by atoms with van der Waals surface area (Å²) in [4.78, 5) is 14.9. The van der Waals surface area contributed by atoms with Crippen molar-refractivity contribution < 1.29 is 9.90 Å². The van der Waals surface area contributed by atoms with E-state index < -0.39 is 5.97 Å². The fourth-order valence-electron chi connectivity index (χ4n) is 1.26. The number of aromatic nitrogens is 1. The predicted molar refractivity (Wildman–Crippen MR) is 62.5 cm³/mol. The van der Waals surface area contributed by atoms with Crippen LogP contribution in [-0.2, 0) is 0 Å². The molecular weight excluding hydrogens is 204 g/mol. The van der Waals surface area contributed by atoms with E-state index in [0.29, 0.717) is 18.1 Å². The molecule has 0 radical (unpaired) electrons. The van der Waals surface area contributed by atoms with Gasteiger partial charge < -0.3 is 10.4 Å². The first-order valence-corrected chi connectivity index (χ1v) is 4.99. The van der Waals surface area contributed by atoms with Crippen LogP contribution in [0, 0.1) is 18.8 Å². The second kappa shape index (κ2) is 5.76. The van der Waals surface area contributed by atoms with E-state index in [1.807, 2.05) is 0 Å². The Kier molecular flexibility index (Phi) is 4.34. The predicted octanol–water partition coefficient (Wildman–Crippen LogP) is 1.91. The van der Waals surface area contributed by atoms with Crippen molar-refractivity contribution in [2.75, 3.05) is 11.9 Å². The minimum absolute atomic E-state index is 0.235. The highest BCUT2D eigenvalue weighted by molar-refractivity contribution is 5.89. The van der Waals surface area contributed by atoms with Crippen molar-refractivity contribution in [2.45, 2.75) is 20.3 Å². The van der Waals surface area contributed by atoms with E-state index in [4.69, 9.17) is 5.11 Å². The van der Waals surface area contributed by atoms with Crippen LogP contribution in [-0.4, -0.2) is 22.6 Å². The Morgan fingerprint density at radius 1 is 1.56 bits per heavy atom. The first-order chi connectivity index (χ1) is 7.65. The van der Waals surface area contributed by atoms with Crippen LogP contribution in [0.5, 0.6) is 0 Å². The number of rotatable bonds is 4. The lowest BCUT2D eigenvalue weighted by Crippen LogP contribution is -2.06. The van der Waals surface area contributed by atoms with E-state index in [1.54, 1.807) is 26.0 Å². The van der Waals surface area contributed by atoms with Crippen molar-refractivity contribution in [3.8, 4) is 11.8 Å². The van der Waals surface area contributed by atoms with Crippen LogP contribution in [0.2, 0.25) is 0 Å². The molecule has 1 heterocycles. The monoisotopic (exact) mass is 218 g/mol. The average Bonchev–Trinajstić information content (AvgIpc) is 2.24. The van der Waals surface area contributed by atoms with E-state index in [0.717, 1.165) is 6.42 Å². The lowest BCUT2D eigenvalue weighted by molar-refractivity contribution is 0.0695. The van der Waals surface area contributed by atoms with Crippen molar-refractivity contribution in [1.82, 2.24) is 4.98 Å².